The van der Waals surface area contributed by atoms with Gasteiger partial charge in [-0.1, -0.05) is 37.8 Å². The van der Waals surface area contributed by atoms with Crippen LogP contribution in [0.15, 0.2) is 11.6 Å². The van der Waals surface area contributed by atoms with Crippen molar-refractivity contribution in [3.63, 3.8) is 0 Å². The second-order valence-electron chi connectivity index (χ2n) is 6.65. The number of esters is 1. The van der Waals surface area contributed by atoms with E-state index in [4.69, 9.17) is 21.1 Å². The van der Waals surface area contributed by atoms with Crippen LogP contribution in [0.25, 0.3) is 12.2 Å². The van der Waals surface area contributed by atoms with Gasteiger partial charge in [0.05, 0.1) is 12.3 Å². The van der Waals surface area contributed by atoms with E-state index in [2.05, 4.69) is 31.3 Å². The van der Waals surface area contributed by atoms with Crippen molar-refractivity contribution in [2.24, 2.45) is 0 Å². The molecule has 0 saturated carbocycles. The zero-order chi connectivity index (χ0) is 18.3. The molecule has 0 saturated heterocycles. The van der Waals surface area contributed by atoms with Crippen molar-refractivity contribution in [2.45, 2.75) is 46.3 Å². The Morgan fingerprint density at radius 1 is 1.42 bits per heavy atom. The third-order valence-corrected chi connectivity index (χ3v) is 5.06. The fourth-order valence-corrected chi connectivity index (χ4v) is 2.89. The maximum absolute atomic E-state index is 12.1. The van der Waals surface area contributed by atoms with Crippen LogP contribution in [0.2, 0.25) is 25.7 Å². The average Bonchev–Trinajstić information content (AvgIpc) is 2.80. The second kappa shape index (κ2) is 9.20. The van der Waals surface area contributed by atoms with Crippen LogP contribution < -0.4 is 0 Å². The summed E-state index contributed by atoms with van der Waals surface area (Å²) in [7, 11) is -1.15. The summed E-state index contributed by atoms with van der Waals surface area (Å²) in [5.41, 5.74) is 1.51. The van der Waals surface area contributed by atoms with Gasteiger partial charge in [-0.2, -0.15) is 5.10 Å². The molecule has 0 spiro atoms. The highest BCUT2D eigenvalue weighted by atomic mass is 35.5. The van der Waals surface area contributed by atoms with Gasteiger partial charge < -0.3 is 9.47 Å². The number of aromatic nitrogens is 2. The summed E-state index contributed by atoms with van der Waals surface area (Å²) in [4.78, 5) is 12.1. The average molecular weight is 371 g/mol. The van der Waals surface area contributed by atoms with Crippen LogP contribution in [0.5, 0.6) is 0 Å². The van der Waals surface area contributed by atoms with E-state index in [0.29, 0.717) is 22.9 Å². The predicted octanol–water partition coefficient (Wildman–Crippen LogP) is 4.61. The van der Waals surface area contributed by atoms with Gasteiger partial charge in [0.1, 0.15) is 6.73 Å². The first-order chi connectivity index (χ1) is 11.2. The Balaban J connectivity index is 3.05. The van der Waals surface area contributed by atoms with E-state index in [-0.39, 0.29) is 19.0 Å². The highest BCUT2D eigenvalue weighted by Gasteiger charge is 2.21. The number of carbonyl (C=O) groups excluding carboxylic acids is 1. The minimum Gasteiger partial charge on any atom is -0.461 e. The molecule has 1 aromatic heterocycles. The Labute approximate surface area is 150 Å². The van der Waals surface area contributed by atoms with Crippen molar-refractivity contribution in [3.8, 4) is 0 Å². The molecule has 5 nitrogen and oxygen atoms in total. The smallest absolute Gasteiger partial charge is 0.359 e. The molecule has 0 fully saturated rings. The van der Waals surface area contributed by atoms with E-state index >= 15 is 0 Å². The van der Waals surface area contributed by atoms with Gasteiger partial charge in [-0.15, -0.1) is 0 Å². The first-order valence-electron chi connectivity index (χ1n) is 8.01. The number of halogens is 1. The van der Waals surface area contributed by atoms with Crippen molar-refractivity contribution in [1.82, 2.24) is 9.78 Å². The van der Waals surface area contributed by atoms with Gasteiger partial charge in [0.25, 0.3) is 0 Å². The van der Waals surface area contributed by atoms with Crippen molar-refractivity contribution < 1.29 is 14.3 Å². The highest BCUT2D eigenvalue weighted by Crippen LogP contribution is 2.22. The van der Waals surface area contributed by atoms with Gasteiger partial charge in [-0.25, -0.2) is 9.48 Å². The van der Waals surface area contributed by atoms with E-state index in [1.165, 1.54) is 0 Å². The van der Waals surface area contributed by atoms with Crippen molar-refractivity contribution in [1.29, 1.82) is 0 Å². The molecule has 0 aliphatic heterocycles. The molecule has 0 atom stereocenters. The zero-order valence-electron chi connectivity index (χ0n) is 15.2. The lowest BCUT2D eigenvalue weighted by atomic mass is 10.1. The Bertz CT molecular complexity index is 614. The maximum Gasteiger partial charge on any atom is 0.359 e. The number of hydrogen-bond donors (Lipinski definition) is 0. The molecule has 0 aliphatic carbocycles. The number of nitrogens with zero attached hydrogens (tertiary/aromatic N) is 2. The van der Waals surface area contributed by atoms with Crippen LogP contribution in [0, 0.1) is 0 Å². The molecule has 1 aromatic rings. The lowest BCUT2D eigenvalue weighted by Crippen LogP contribution is -2.22. The molecule has 0 amide bonds. The lowest BCUT2D eigenvalue weighted by Gasteiger charge is -2.15. The normalized spacial score (nSPS) is 12.3. The van der Waals surface area contributed by atoms with Crippen LogP contribution in [0.4, 0.5) is 0 Å². The van der Waals surface area contributed by atoms with E-state index < -0.39 is 14.0 Å². The minimum absolute atomic E-state index is 0.223. The van der Waals surface area contributed by atoms with Gasteiger partial charge in [-0.05, 0) is 32.0 Å². The zero-order valence-corrected chi connectivity index (χ0v) is 16.9. The minimum atomic E-state index is -1.15. The summed E-state index contributed by atoms with van der Waals surface area (Å²) >= 11 is 5.99. The third-order valence-electron chi connectivity index (χ3n) is 3.25. The molecule has 1 heterocycles. The highest BCUT2D eigenvalue weighted by molar-refractivity contribution is 6.76. The summed E-state index contributed by atoms with van der Waals surface area (Å²) < 4.78 is 12.4. The molecule has 0 radical (unpaired) electrons. The Hall–Kier alpha value is -1.37. The summed E-state index contributed by atoms with van der Waals surface area (Å²) in [6.45, 7) is 15.4. The lowest BCUT2D eigenvalue weighted by molar-refractivity contribution is 0.0510. The van der Waals surface area contributed by atoms with E-state index in [9.17, 15) is 4.79 Å². The molecule has 0 unspecified atom stereocenters. The largest absolute Gasteiger partial charge is 0.461 e. The standard InChI is InChI=1S/C17H27ClN2O3Si/c1-7-15-14(11-13(3)18)16(17(21)23-8-2)19-20(15)12-22-9-10-24(4,5)6/h7,11H,1,8-10,12H2,2-6H3/b13-11+. The Morgan fingerprint density at radius 3 is 2.58 bits per heavy atom. The van der Waals surface area contributed by atoms with Crippen LogP contribution in [0.3, 0.4) is 0 Å². The third kappa shape index (κ3) is 6.26. The maximum atomic E-state index is 12.1. The van der Waals surface area contributed by atoms with Gasteiger partial charge in [0.15, 0.2) is 5.69 Å². The monoisotopic (exact) mass is 370 g/mol. The molecular formula is C17H27ClN2O3Si. The molecular weight excluding hydrogens is 344 g/mol. The van der Waals surface area contributed by atoms with Gasteiger partial charge >= 0.3 is 5.97 Å². The first kappa shape index (κ1) is 20.7. The fourth-order valence-electron chi connectivity index (χ4n) is 2.02. The number of hydrogen-bond acceptors (Lipinski definition) is 4. The van der Waals surface area contributed by atoms with Crippen LogP contribution in [-0.2, 0) is 16.2 Å². The molecule has 0 aliphatic rings. The van der Waals surface area contributed by atoms with Crippen LogP contribution >= 0.6 is 11.6 Å². The predicted molar refractivity (Wildman–Crippen MR) is 102 cm³/mol. The number of carbonyl (C=O) groups is 1. The van der Waals surface area contributed by atoms with Crippen molar-refractivity contribution in [2.75, 3.05) is 13.2 Å². The SMILES string of the molecule is C=Cc1c(/C=C(\C)Cl)c(C(=O)OCC)nn1COCC[Si](C)(C)C. The van der Waals surface area contributed by atoms with Crippen molar-refractivity contribution >= 4 is 37.8 Å². The summed E-state index contributed by atoms with van der Waals surface area (Å²) in [6.07, 6.45) is 3.33. The number of ether oxygens (including phenoxy) is 2. The molecule has 0 bridgehead atoms. The molecule has 0 aromatic carbocycles. The quantitative estimate of drug-likeness (QED) is 0.361. The topological polar surface area (TPSA) is 53.3 Å². The summed E-state index contributed by atoms with van der Waals surface area (Å²) in [6, 6.07) is 1.07. The van der Waals surface area contributed by atoms with Crippen LogP contribution in [0.1, 0.15) is 35.6 Å². The molecule has 1 rings (SSSR count). The number of rotatable bonds is 9. The van der Waals surface area contributed by atoms with E-state index in [1.807, 2.05) is 0 Å². The molecule has 7 heteroatoms. The van der Waals surface area contributed by atoms with Gasteiger partial charge in [-0.3, -0.25) is 0 Å². The van der Waals surface area contributed by atoms with E-state index in [0.717, 1.165) is 6.04 Å². The van der Waals surface area contributed by atoms with Crippen LogP contribution in [-0.4, -0.2) is 37.0 Å². The van der Waals surface area contributed by atoms with Crippen molar-refractivity contribution in [3.05, 3.63) is 28.6 Å². The number of allylic oxidation sites excluding steroid dienone is 1. The summed E-state index contributed by atoms with van der Waals surface area (Å²) in [5.74, 6) is -0.481. The molecule has 24 heavy (non-hydrogen) atoms. The van der Waals surface area contributed by atoms with Gasteiger partial charge in [0.2, 0.25) is 0 Å². The molecule has 0 N–H and O–H groups in total. The molecule has 134 valence electrons. The summed E-state index contributed by atoms with van der Waals surface area (Å²) in [5, 5.41) is 4.88. The fraction of sp³-hybridized carbons (Fsp3) is 0.529. The second-order valence-corrected chi connectivity index (χ2v) is 12.9. The van der Waals surface area contributed by atoms with E-state index in [1.54, 1.807) is 30.7 Å². The first-order valence-corrected chi connectivity index (χ1v) is 12.1. The Kier molecular flexibility index (Phi) is 7.92. The Morgan fingerprint density at radius 2 is 2.08 bits per heavy atom. The van der Waals surface area contributed by atoms with Gasteiger partial charge in [0, 0.05) is 25.3 Å².